The van der Waals surface area contributed by atoms with E-state index >= 15 is 0 Å². The minimum absolute atomic E-state index is 0.214. The topological polar surface area (TPSA) is 74.0 Å². The fourth-order valence-corrected chi connectivity index (χ4v) is 3.47. The van der Waals surface area contributed by atoms with Crippen molar-refractivity contribution in [3.05, 3.63) is 108 Å². The molecule has 1 aromatic heterocycles. The molecule has 2 amide bonds. The van der Waals surface area contributed by atoms with Gasteiger partial charge in [0.2, 0.25) is 5.91 Å². The molecule has 0 aliphatic rings. The van der Waals surface area contributed by atoms with Crippen molar-refractivity contribution in [3.8, 4) is 0 Å². The first kappa shape index (κ1) is 19.5. The van der Waals surface area contributed by atoms with Crippen LogP contribution in [0.3, 0.4) is 0 Å². The van der Waals surface area contributed by atoms with Crippen LogP contribution in [0.4, 0.5) is 0 Å². The Balaban J connectivity index is 1.53. The molecule has 1 heterocycles. The molecule has 4 aromatic rings. The van der Waals surface area contributed by atoms with Crippen LogP contribution in [0, 0.1) is 0 Å². The summed E-state index contributed by atoms with van der Waals surface area (Å²) in [5.41, 5.74) is 3.52. The molecule has 30 heavy (non-hydrogen) atoms. The van der Waals surface area contributed by atoms with E-state index in [1.807, 2.05) is 66.9 Å². The normalized spacial score (nSPS) is 11.7. The Bertz CT molecular complexity index is 1140. The van der Waals surface area contributed by atoms with E-state index in [4.69, 9.17) is 0 Å². The van der Waals surface area contributed by atoms with E-state index in [9.17, 15) is 9.59 Å². The zero-order chi connectivity index (χ0) is 20.8. The minimum atomic E-state index is -0.694. The van der Waals surface area contributed by atoms with E-state index in [1.165, 1.54) is 0 Å². The molecular weight excluding hydrogens is 374 g/mol. The van der Waals surface area contributed by atoms with Gasteiger partial charge in [-0.25, -0.2) is 0 Å². The standard InChI is InChI=1S/C25H23N3O2/c29-24(19-11-5-2-6-12-19)28-23(25(30)27-16-18-9-3-1-4-10-18)15-20-17-26-22-14-8-7-13-21(20)22/h1-14,17,23,26H,15-16H2,(H,27,30)(H,28,29)/t23-/m0/s1. The Kier molecular flexibility index (Phi) is 5.90. The molecule has 5 heteroatoms. The van der Waals surface area contributed by atoms with Gasteiger partial charge in [-0.3, -0.25) is 9.59 Å². The Hall–Kier alpha value is -3.86. The number of para-hydroxylation sites is 1. The predicted octanol–water partition coefficient (Wildman–Crippen LogP) is 3.83. The van der Waals surface area contributed by atoms with Crippen LogP contribution in [-0.2, 0) is 17.8 Å². The number of rotatable bonds is 7. The maximum atomic E-state index is 13.0. The van der Waals surface area contributed by atoms with Gasteiger partial charge < -0.3 is 15.6 Å². The van der Waals surface area contributed by atoms with Crippen molar-refractivity contribution in [2.24, 2.45) is 0 Å². The van der Waals surface area contributed by atoms with Crippen molar-refractivity contribution in [1.29, 1.82) is 0 Å². The highest BCUT2D eigenvalue weighted by Gasteiger charge is 2.23. The molecule has 0 saturated heterocycles. The Morgan fingerprint density at radius 3 is 2.27 bits per heavy atom. The first-order chi connectivity index (χ1) is 14.7. The maximum Gasteiger partial charge on any atom is 0.251 e. The number of hydrogen-bond acceptors (Lipinski definition) is 2. The molecule has 3 aromatic carbocycles. The highest BCUT2D eigenvalue weighted by atomic mass is 16.2. The van der Waals surface area contributed by atoms with Gasteiger partial charge in [0.05, 0.1) is 0 Å². The molecule has 0 aliphatic heterocycles. The van der Waals surface area contributed by atoms with Crippen molar-refractivity contribution in [3.63, 3.8) is 0 Å². The summed E-state index contributed by atoms with van der Waals surface area (Å²) in [7, 11) is 0. The summed E-state index contributed by atoms with van der Waals surface area (Å²) in [5.74, 6) is -0.483. The number of aromatic nitrogens is 1. The number of H-pyrrole nitrogens is 1. The van der Waals surface area contributed by atoms with Crippen LogP contribution in [0.25, 0.3) is 10.9 Å². The summed E-state index contributed by atoms with van der Waals surface area (Å²) in [6.45, 7) is 0.408. The molecule has 0 saturated carbocycles. The van der Waals surface area contributed by atoms with E-state index in [-0.39, 0.29) is 11.8 Å². The number of amides is 2. The fraction of sp³-hybridized carbons (Fsp3) is 0.120. The number of carbonyl (C=O) groups is 2. The number of nitrogens with one attached hydrogen (secondary N) is 3. The van der Waals surface area contributed by atoms with Crippen molar-refractivity contribution in [1.82, 2.24) is 15.6 Å². The van der Waals surface area contributed by atoms with E-state index < -0.39 is 6.04 Å². The highest BCUT2D eigenvalue weighted by molar-refractivity contribution is 5.97. The molecule has 5 nitrogen and oxygen atoms in total. The summed E-state index contributed by atoms with van der Waals surface area (Å²) in [5, 5.41) is 6.91. The zero-order valence-corrected chi connectivity index (χ0v) is 16.5. The van der Waals surface area contributed by atoms with Gasteiger partial charge in [-0.2, -0.15) is 0 Å². The average molecular weight is 397 g/mol. The largest absolute Gasteiger partial charge is 0.361 e. The van der Waals surface area contributed by atoms with Gasteiger partial charge in [0.15, 0.2) is 0 Å². The monoisotopic (exact) mass is 397 g/mol. The Morgan fingerprint density at radius 2 is 1.50 bits per heavy atom. The average Bonchev–Trinajstić information content (AvgIpc) is 3.21. The first-order valence-electron chi connectivity index (χ1n) is 9.93. The molecule has 4 rings (SSSR count). The van der Waals surface area contributed by atoms with Gasteiger partial charge in [0, 0.05) is 35.6 Å². The van der Waals surface area contributed by atoms with E-state index in [1.54, 1.807) is 24.3 Å². The lowest BCUT2D eigenvalue weighted by Crippen LogP contribution is -2.47. The second kappa shape index (κ2) is 9.09. The van der Waals surface area contributed by atoms with Crippen molar-refractivity contribution in [2.45, 2.75) is 19.0 Å². The van der Waals surface area contributed by atoms with Gasteiger partial charge in [0.1, 0.15) is 6.04 Å². The van der Waals surface area contributed by atoms with Crippen molar-refractivity contribution in [2.75, 3.05) is 0 Å². The predicted molar refractivity (Wildman–Crippen MR) is 118 cm³/mol. The summed E-state index contributed by atoms with van der Waals surface area (Å²) in [6.07, 6.45) is 2.29. The smallest absolute Gasteiger partial charge is 0.251 e. The van der Waals surface area contributed by atoms with Crippen LogP contribution in [0.1, 0.15) is 21.5 Å². The summed E-state index contributed by atoms with van der Waals surface area (Å²) in [6, 6.07) is 25.9. The second-order valence-corrected chi connectivity index (χ2v) is 7.16. The Morgan fingerprint density at radius 1 is 0.833 bits per heavy atom. The molecule has 0 bridgehead atoms. The van der Waals surface area contributed by atoms with Crippen LogP contribution in [0.2, 0.25) is 0 Å². The summed E-state index contributed by atoms with van der Waals surface area (Å²) in [4.78, 5) is 29.0. The Labute approximate surface area is 175 Å². The van der Waals surface area contributed by atoms with Crippen LogP contribution in [-0.4, -0.2) is 22.8 Å². The summed E-state index contributed by atoms with van der Waals surface area (Å²) >= 11 is 0. The molecule has 1 atom stereocenters. The quantitative estimate of drug-likeness (QED) is 0.443. The SMILES string of the molecule is O=C(N[C@@H](Cc1c[nH]c2ccccc12)C(=O)NCc1ccccc1)c1ccccc1. The van der Waals surface area contributed by atoms with E-state index in [0.717, 1.165) is 22.0 Å². The lowest BCUT2D eigenvalue weighted by atomic mass is 10.0. The molecule has 150 valence electrons. The van der Waals surface area contributed by atoms with Gasteiger partial charge in [0.25, 0.3) is 5.91 Å². The molecule has 0 unspecified atom stereocenters. The maximum absolute atomic E-state index is 13.0. The first-order valence-corrected chi connectivity index (χ1v) is 9.93. The molecular formula is C25H23N3O2. The van der Waals surface area contributed by atoms with E-state index in [2.05, 4.69) is 15.6 Å². The van der Waals surface area contributed by atoms with Crippen LogP contribution >= 0.6 is 0 Å². The van der Waals surface area contributed by atoms with Crippen LogP contribution < -0.4 is 10.6 Å². The van der Waals surface area contributed by atoms with E-state index in [0.29, 0.717) is 18.5 Å². The number of hydrogen-bond donors (Lipinski definition) is 3. The fourth-order valence-electron chi connectivity index (χ4n) is 3.47. The molecule has 0 aliphatic carbocycles. The number of carbonyl (C=O) groups excluding carboxylic acids is 2. The third kappa shape index (κ3) is 4.58. The van der Waals surface area contributed by atoms with Crippen molar-refractivity contribution < 1.29 is 9.59 Å². The van der Waals surface area contributed by atoms with Gasteiger partial charge >= 0.3 is 0 Å². The molecule has 0 radical (unpaired) electrons. The zero-order valence-electron chi connectivity index (χ0n) is 16.5. The molecule has 3 N–H and O–H groups in total. The van der Waals surface area contributed by atoms with Crippen LogP contribution in [0.15, 0.2) is 91.1 Å². The third-order valence-electron chi connectivity index (χ3n) is 5.07. The lowest BCUT2D eigenvalue weighted by molar-refractivity contribution is -0.123. The number of benzene rings is 3. The summed E-state index contributed by atoms with van der Waals surface area (Å²) < 4.78 is 0. The number of aromatic amines is 1. The van der Waals surface area contributed by atoms with Gasteiger partial charge in [-0.15, -0.1) is 0 Å². The van der Waals surface area contributed by atoms with Crippen molar-refractivity contribution >= 4 is 22.7 Å². The van der Waals surface area contributed by atoms with Gasteiger partial charge in [-0.05, 0) is 29.3 Å². The number of fused-ring (bicyclic) bond motifs is 1. The molecule has 0 spiro atoms. The van der Waals surface area contributed by atoms with Gasteiger partial charge in [-0.1, -0.05) is 66.7 Å². The molecule has 0 fully saturated rings. The highest BCUT2D eigenvalue weighted by Crippen LogP contribution is 2.19. The lowest BCUT2D eigenvalue weighted by Gasteiger charge is -2.18. The second-order valence-electron chi connectivity index (χ2n) is 7.16. The third-order valence-corrected chi connectivity index (χ3v) is 5.07. The van der Waals surface area contributed by atoms with Crippen LogP contribution in [0.5, 0.6) is 0 Å². The minimum Gasteiger partial charge on any atom is -0.361 e.